The normalized spacial score (nSPS) is 13.5. The highest BCUT2D eigenvalue weighted by atomic mass is 19.1. The number of ether oxygens (including phenoxy) is 1. The lowest BCUT2D eigenvalue weighted by atomic mass is 9.94. The van der Waals surface area contributed by atoms with Gasteiger partial charge in [0.05, 0.1) is 5.92 Å². The number of unbranched alkanes of at least 4 members (excludes halogenated alkanes) is 6. The number of esters is 1. The highest BCUT2D eigenvalue weighted by molar-refractivity contribution is 5.89. The average molecular weight is 581 g/mol. The third-order valence-corrected chi connectivity index (χ3v) is 8.61. The molecule has 43 heavy (non-hydrogen) atoms. The SMILES string of the molecule is CCCCCCCCc1ccc(-c2ccc(-c3ccc4cc([C@H](C)C(=O)OC[C@@](C)(F)CCCC)ccc4c3)cc2)cc1. The van der Waals surface area contributed by atoms with Gasteiger partial charge in [-0.25, -0.2) is 4.39 Å². The molecule has 0 radical (unpaired) electrons. The Hall–Kier alpha value is -3.46. The predicted octanol–water partition coefficient (Wildman–Crippen LogP) is 11.6. The van der Waals surface area contributed by atoms with Gasteiger partial charge in [0.15, 0.2) is 0 Å². The standard InChI is InChI=1S/C40H49FO2/c1-5-7-9-10-11-12-13-31-14-16-32(17-15-31)33-18-20-34(21-19-33)36-24-25-37-27-35(22-23-38(37)28-36)30(3)39(42)43-29-40(4,41)26-8-6-2/h14-25,27-28,30H,5-13,26,29H2,1-4H3/t30-,40-/m0/s1. The van der Waals surface area contributed by atoms with Crippen LogP contribution in [-0.2, 0) is 16.0 Å². The number of fused-ring (bicyclic) bond motifs is 1. The van der Waals surface area contributed by atoms with Crippen molar-refractivity contribution in [2.24, 2.45) is 0 Å². The summed E-state index contributed by atoms with van der Waals surface area (Å²) in [6.45, 7) is 7.43. The maximum atomic E-state index is 14.6. The second-order valence-corrected chi connectivity index (χ2v) is 12.5. The van der Waals surface area contributed by atoms with E-state index in [4.69, 9.17) is 4.74 Å². The van der Waals surface area contributed by atoms with E-state index in [9.17, 15) is 9.18 Å². The zero-order chi connectivity index (χ0) is 30.7. The molecule has 0 amide bonds. The molecule has 0 fully saturated rings. The van der Waals surface area contributed by atoms with Crippen molar-refractivity contribution in [1.29, 1.82) is 0 Å². The Bertz CT molecular complexity index is 1440. The summed E-state index contributed by atoms with van der Waals surface area (Å²) in [4.78, 5) is 12.7. The fourth-order valence-corrected chi connectivity index (χ4v) is 5.64. The minimum Gasteiger partial charge on any atom is -0.462 e. The first-order valence-corrected chi connectivity index (χ1v) is 16.4. The maximum absolute atomic E-state index is 14.6. The van der Waals surface area contributed by atoms with Crippen LogP contribution in [0.1, 0.15) is 103 Å². The minimum absolute atomic E-state index is 0.198. The first kappa shape index (κ1) is 32.5. The summed E-state index contributed by atoms with van der Waals surface area (Å²) >= 11 is 0. The lowest BCUT2D eigenvalue weighted by molar-refractivity contribution is -0.149. The van der Waals surface area contributed by atoms with Crippen molar-refractivity contribution in [1.82, 2.24) is 0 Å². The zero-order valence-electron chi connectivity index (χ0n) is 26.6. The number of alkyl halides is 1. The van der Waals surface area contributed by atoms with Crippen LogP contribution in [0.25, 0.3) is 33.0 Å². The van der Waals surface area contributed by atoms with Crippen LogP contribution in [0.4, 0.5) is 4.39 Å². The molecular formula is C40H49FO2. The maximum Gasteiger partial charge on any atom is 0.313 e. The van der Waals surface area contributed by atoms with Crippen LogP contribution in [0, 0.1) is 0 Å². The Labute approximate surface area is 258 Å². The molecule has 0 saturated heterocycles. The van der Waals surface area contributed by atoms with Gasteiger partial charge in [0.2, 0.25) is 0 Å². The molecule has 0 heterocycles. The second kappa shape index (κ2) is 15.8. The summed E-state index contributed by atoms with van der Waals surface area (Å²) < 4.78 is 20.0. The van der Waals surface area contributed by atoms with E-state index in [1.165, 1.54) is 67.7 Å². The van der Waals surface area contributed by atoms with Crippen molar-refractivity contribution < 1.29 is 13.9 Å². The molecule has 0 saturated carbocycles. The third-order valence-electron chi connectivity index (χ3n) is 8.61. The highest BCUT2D eigenvalue weighted by Crippen LogP contribution is 2.30. The largest absolute Gasteiger partial charge is 0.462 e. The quantitative estimate of drug-likeness (QED) is 0.0973. The number of carbonyl (C=O) groups excluding carboxylic acids is 1. The van der Waals surface area contributed by atoms with Crippen LogP contribution in [-0.4, -0.2) is 18.2 Å². The van der Waals surface area contributed by atoms with Gasteiger partial charge < -0.3 is 4.74 Å². The summed E-state index contributed by atoms with van der Waals surface area (Å²) in [5.74, 6) is -0.841. The molecule has 0 aliphatic heterocycles. The number of aryl methyl sites for hydroxylation is 1. The predicted molar refractivity (Wildman–Crippen MR) is 180 cm³/mol. The number of benzene rings is 4. The molecule has 4 aromatic carbocycles. The van der Waals surface area contributed by atoms with Crippen LogP contribution >= 0.6 is 0 Å². The molecule has 3 heteroatoms. The smallest absolute Gasteiger partial charge is 0.313 e. The van der Waals surface area contributed by atoms with Crippen LogP contribution in [0.15, 0.2) is 84.9 Å². The van der Waals surface area contributed by atoms with Crippen LogP contribution in [0.5, 0.6) is 0 Å². The Morgan fingerprint density at radius 3 is 1.91 bits per heavy atom. The van der Waals surface area contributed by atoms with Gasteiger partial charge in [-0.1, -0.05) is 138 Å². The van der Waals surface area contributed by atoms with Gasteiger partial charge in [-0.2, -0.15) is 0 Å². The molecule has 0 aliphatic rings. The minimum atomic E-state index is -1.49. The molecule has 2 atom stereocenters. The molecule has 4 aromatic rings. The highest BCUT2D eigenvalue weighted by Gasteiger charge is 2.26. The number of halogens is 1. The summed E-state index contributed by atoms with van der Waals surface area (Å²) in [6, 6.07) is 30.3. The molecule has 0 unspecified atom stereocenters. The first-order valence-electron chi connectivity index (χ1n) is 16.4. The molecular weight excluding hydrogens is 531 g/mol. The number of rotatable bonds is 16. The fraction of sp³-hybridized carbons (Fsp3) is 0.425. The van der Waals surface area contributed by atoms with Gasteiger partial charge in [0.1, 0.15) is 12.3 Å². The first-order chi connectivity index (χ1) is 20.8. The molecule has 0 bridgehead atoms. The van der Waals surface area contributed by atoms with Gasteiger partial charge in [0, 0.05) is 0 Å². The summed E-state index contributed by atoms with van der Waals surface area (Å²) in [7, 11) is 0. The van der Waals surface area contributed by atoms with Gasteiger partial charge in [-0.3, -0.25) is 4.79 Å². The van der Waals surface area contributed by atoms with Gasteiger partial charge in [0.25, 0.3) is 0 Å². The van der Waals surface area contributed by atoms with Crippen molar-refractivity contribution >= 4 is 16.7 Å². The van der Waals surface area contributed by atoms with Crippen molar-refractivity contribution in [2.75, 3.05) is 6.61 Å². The Balaban J connectivity index is 1.35. The summed E-state index contributed by atoms with van der Waals surface area (Å²) in [6.07, 6.45) is 11.2. The molecule has 0 aromatic heterocycles. The van der Waals surface area contributed by atoms with Crippen molar-refractivity contribution in [2.45, 2.75) is 103 Å². The van der Waals surface area contributed by atoms with E-state index in [2.05, 4.69) is 79.7 Å². The van der Waals surface area contributed by atoms with Gasteiger partial charge in [-0.15, -0.1) is 0 Å². The average Bonchev–Trinajstić information content (AvgIpc) is 3.04. The molecule has 0 aliphatic carbocycles. The van der Waals surface area contributed by atoms with E-state index in [1.807, 2.05) is 26.0 Å². The molecule has 0 spiro atoms. The zero-order valence-corrected chi connectivity index (χ0v) is 26.6. The van der Waals surface area contributed by atoms with Crippen LogP contribution in [0.3, 0.4) is 0 Å². The molecule has 228 valence electrons. The fourth-order valence-electron chi connectivity index (χ4n) is 5.64. The van der Waals surface area contributed by atoms with E-state index in [1.54, 1.807) is 0 Å². The van der Waals surface area contributed by atoms with E-state index >= 15 is 0 Å². The number of carbonyl (C=O) groups is 1. The van der Waals surface area contributed by atoms with E-state index in [0.29, 0.717) is 6.42 Å². The summed E-state index contributed by atoms with van der Waals surface area (Å²) in [5.41, 5.74) is 5.61. The monoisotopic (exact) mass is 580 g/mol. The Kier molecular flexibility index (Phi) is 12.0. The van der Waals surface area contributed by atoms with Crippen molar-refractivity contribution in [3.8, 4) is 22.3 Å². The third kappa shape index (κ3) is 9.51. The van der Waals surface area contributed by atoms with Crippen LogP contribution in [0.2, 0.25) is 0 Å². The molecule has 4 rings (SSSR count). The molecule has 2 nitrogen and oxygen atoms in total. The van der Waals surface area contributed by atoms with E-state index < -0.39 is 11.6 Å². The number of hydrogen-bond donors (Lipinski definition) is 0. The van der Waals surface area contributed by atoms with E-state index in [0.717, 1.165) is 41.2 Å². The van der Waals surface area contributed by atoms with Gasteiger partial charge >= 0.3 is 5.97 Å². The van der Waals surface area contributed by atoms with E-state index in [-0.39, 0.29) is 12.6 Å². The summed E-state index contributed by atoms with van der Waals surface area (Å²) in [5, 5.41) is 2.18. The molecule has 0 N–H and O–H groups in total. The lowest BCUT2D eigenvalue weighted by Gasteiger charge is -2.21. The number of hydrogen-bond acceptors (Lipinski definition) is 2. The van der Waals surface area contributed by atoms with Crippen molar-refractivity contribution in [3.05, 3.63) is 96.1 Å². The van der Waals surface area contributed by atoms with Crippen LogP contribution < -0.4 is 0 Å². The Morgan fingerprint density at radius 1 is 0.698 bits per heavy atom. The lowest BCUT2D eigenvalue weighted by Crippen LogP contribution is -2.28. The van der Waals surface area contributed by atoms with Crippen molar-refractivity contribution in [3.63, 3.8) is 0 Å². The Morgan fingerprint density at radius 2 is 1.23 bits per heavy atom. The second-order valence-electron chi connectivity index (χ2n) is 12.5. The topological polar surface area (TPSA) is 26.3 Å². The van der Waals surface area contributed by atoms with Gasteiger partial charge in [-0.05, 0) is 83.3 Å².